The third kappa shape index (κ3) is 4.95. The van der Waals surface area contributed by atoms with E-state index in [-0.39, 0.29) is 0 Å². The first-order chi connectivity index (χ1) is 10.9. The molecule has 0 saturated carbocycles. The molecule has 0 radical (unpaired) electrons. The average Bonchev–Trinajstić information content (AvgIpc) is 2.52. The molecule has 0 heterocycles. The Balaban J connectivity index is 2.03. The maximum Gasteiger partial charge on any atom is 0.233 e. The molecular formula is C16H15F2NO3S. The van der Waals surface area contributed by atoms with Gasteiger partial charge >= 0.3 is 0 Å². The standard InChI is InChI=1S/C16H15F2NO3S/c17-13-7-4-8-14(18)16(13)15(20)11-19-23(21,22)10-9-12-5-2-1-3-6-12/h1-10,15,19-20H,11H2/b10-9+. The summed E-state index contributed by atoms with van der Waals surface area (Å²) in [6, 6.07) is 11.9. The average molecular weight is 339 g/mol. The van der Waals surface area contributed by atoms with E-state index in [1.54, 1.807) is 30.3 Å². The van der Waals surface area contributed by atoms with Crippen molar-refractivity contribution < 1.29 is 22.3 Å². The normalized spacial score (nSPS) is 13.3. The topological polar surface area (TPSA) is 66.4 Å². The Labute approximate surface area is 133 Å². The summed E-state index contributed by atoms with van der Waals surface area (Å²) in [6.45, 7) is -0.542. The fourth-order valence-corrected chi connectivity index (χ4v) is 2.73. The van der Waals surface area contributed by atoms with Crippen LogP contribution in [0.5, 0.6) is 0 Å². The van der Waals surface area contributed by atoms with Gasteiger partial charge in [0.15, 0.2) is 0 Å². The molecular weight excluding hydrogens is 324 g/mol. The summed E-state index contributed by atoms with van der Waals surface area (Å²) in [5.41, 5.74) is 0.112. The van der Waals surface area contributed by atoms with E-state index in [9.17, 15) is 22.3 Å². The maximum absolute atomic E-state index is 13.5. The zero-order valence-corrected chi connectivity index (χ0v) is 12.8. The van der Waals surface area contributed by atoms with Gasteiger partial charge in [0.2, 0.25) is 10.0 Å². The number of nitrogens with one attached hydrogen (secondary N) is 1. The van der Waals surface area contributed by atoms with Crippen molar-refractivity contribution in [3.8, 4) is 0 Å². The minimum atomic E-state index is -3.84. The minimum absolute atomic E-state index is 0.542. The molecule has 0 spiro atoms. The van der Waals surface area contributed by atoms with Crippen LogP contribution in [0.3, 0.4) is 0 Å². The first kappa shape index (κ1) is 17.3. The number of aliphatic hydroxyl groups excluding tert-OH is 1. The molecule has 0 aromatic heterocycles. The lowest BCUT2D eigenvalue weighted by Crippen LogP contribution is -2.27. The van der Waals surface area contributed by atoms with E-state index in [0.29, 0.717) is 5.56 Å². The number of rotatable bonds is 6. The second-order valence-corrected chi connectivity index (χ2v) is 6.41. The Kier molecular flexibility index (Phi) is 5.59. The van der Waals surface area contributed by atoms with Crippen LogP contribution >= 0.6 is 0 Å². The van der Waals surface area contributed by atoms with Crippen molar-refractivity contribution >= 4 is 16.1 Å². The number of hydrogen-bond acceptors (Lipinski definition) is 3. The lowest BCUT2D eigenvalue weighted by Gasteiger charge is -2.13. The van der Waals surface area contributed by atoms with Crippen molar-refractivity contribution in [1.82, 2.24) is 4.72 Å². The molecule has 122 valence electrons. The van der Waals surface area contributed by atoms with Crippen molar-refractivity contribution in [3.63, 3.8) is 0 Å². The number of halogens is 2. The summed E-state index contributed by atoms with van der Waals surface area (Å²) in [4.78, 5) is 0. The first-order valence-corrected chi connectivity index (χ1v) is 8.28. The van der Waals surface area contributed by atoms with Gasteiger partial charge in [-0.25, -0.2) is 21.9 Å². The van der Waals surface area contributed by atoms with Crippen molar-refractivity contribution in [2.24, 2.45) is 0 Å². The van der Waals surface area contributed by atoms with Crippen molar-refractivity contribution in [1.29, 1.82) is 0 Å². The van der Waals surface area contributed by atoms with E-state index in [2.05, 4.69) is 4.72 Å². The molecule has 4 nitrogen and oxygen atoms in total. The van der Waals surface area contributed by atoms with Gasteiger partial charge in [0.05, 0.1) is 11.7 Å². The summed E-state index contributed by atoms with van der Waals surface area (Å²) >= 11 is 0. The SMILES string of the molecule is O=S(=O)(/C=C/c1ccccc1)NCC(O)c1c(F)cccc1F. The van der Waals surface area contributed by atoms with E-state index >= 15 is 0 Å². The molecule has 2 N–H and O–H groups in total. The molecule has 23 heavy (non-hydrogen) atoms. The first-order valence-electron chi connectivity index (χ1n) is 6.74. The van der Waals surface area contributed by atoms with Gasteiger partial charge in [-0.15, -0.1) is 0 Å². The van der Waals surface area contributed by atoms with Crippen LogP contribution in [0.15, 0.2) is 53.9 Å². The van der Waals surface area contributed by atoms with Gasteiger partial charge in [-0.1, -0.05) is 36.4 Å². The molecule has 1 unspecified atom stereocenters. The molecule has 0 fully saturated rings. The number of sulfonamides is 1. The van der Waals surface area contributed by atoms with Gasteiger partial charge in [0, 0.05) is 12.0 Å². The predicted octanol–water partition coefficient (Wildman–Crippen LogP) is 2.59. The van der Waals surface area contributed by atoms with Crippen LogP contribution in [-0.2, 0) is 10.0 Å². The van der Waals surface area contributed by atoms with Crippen molar-refractivity contribution in [2.45, 2.75) is 6.10 Å². The third-order valence-electron chi connectivity index (χ3n) is 3.05. The second kappa shape index (κ2) is 7.45. The molecule has 7 heteroatoms. The third-order valence-corrected chi connectivity index (χ3v) is 4.11. The predicted molar refractivity (Wildman–Crippen MR) is 83.7 cm³/mol. The van der Waals surface area contributed by atoms with Crippen LogP contribution in [-0.4, -0.2) is 20.1 Å². The number of aliphatic hydroxyl groups is 1. The second-order valence-electron chi connectivity index (χ2n) is 4.76. The van der Waals surface area contributed by atoms with E-state index in [1.807, 2.05) is 0 Å². The number of hydrogen-bond donors (Lipinski definition) is 2. The lowest BCUT2D eigenvalue weighted by molar-refractivity contribution is 0.172. The highest BCUT2D eigenvalue weighted by Crippen LogP contribution is 2.20. The summed E-state index contributed by atoms with van der Waals surface area (Å²) in [5, 5.41) is 10.7. The Hall–Kier alpha value is -2.09. The van der Waals surface area contributed by atoms with E-state index < -0.39 is 39.9 Å². The van der Waals surface area contributed by atoms with Gasteiger partial charge in [-0.3, -0.25) is 0 Å². The molecule has 0 aliphatic carbocycles. The highest BCUT2D eigenvalue weighted by Gasteiger charge is 2.19. The summed E-state index contributed by atoms with van der Waals surface area (Å²) in [5.74, 6) is -1.87. The Morgan fingerprint density at radius 2 is 1.65 bits per heavy atom. The zero-order valence-electron chi connectivity index (χ0n) is 12.0. The quantitative estimate of drug-likeness (QED) is 0.850. The van der Waals surface area contributed by atoms with E-state index in [1.165, 1.54) is 6.08 Å². The van der Waals surface area contributed by atoms with Gasteiger partial charge < -0.3 is 5.11 Å². The summed E-state index contributed by atoms with van der Waals surface area (Å²) in [7, 11) is -3.84. The van der Waals surface area contributed by atoms with E-state index in [0.717, 1.165) is 23.6 Å². The summed E-state index contributed by atoms with van der Waals surface area (Å²) < 4.78 is 52.7. The van der Waals surface area contributed by atoms with Gasteiger partial charge in [0.1, 0.15) is 11.6 Å². The van der Waals surface area contributed by atoms with Gasteiger partial charge in [-0.2, -0.15) is 0 Å². The van der Waals surface area contributed by atoms with Crippen LogP contribution in [0.25, 0.3) is 6.08 Å². The minimum Gasteiger partial charge on any atom is -0.387 e. The Morgan fingerprint density at radius 1 is 1.04 bits per heavy atom. The zero-order chi connectivity index (χ0) is 16.9. The Morgan fingerprint density at radius 3 is 2.26 bits per heavy atom. The highest BCUT2D eigenvalue weighted by atomic mass is 32.2. The Bertz CT molecular complexity index is 772. The fraction of sp³-hybridized carbons (Fsp3) is 0.125. The lowest BCUT2D eigenvalue weighted by atomic mass is 10.1. The van der Waals surface area contributed by atoms with Crippen LogP contribution in [0, 0.1) is 11.6 Å². The molecule has 0 amide bonds. The molecule has 0 bridgehead atoms. The van der Waals surface area contributed by atoms with Crippen molar-refractivity contribution in [2.75, 3.05) is 6.54 Å². The largest absolute Gasteiger partial charge is 0.387 e. The van der Waals surface area contributed by atoms with E-state index in [4.69, 9.17) is 0 Å². The highest BCUT2D eigenvalue weighted by molar-refractivity contribution is 7.92. The maximum atomic E-state index is 13.5. The molecule has 0 saturated heterocycles. The molecule has 2 aromatic carbocycles. The van der Waals surface area contributed by atoms with Crippen LogP contribution in [0.1, 0.15) is 17.2 Å². The van der Waals surface area contributed by atoms with Crippen LogP contribution in [0.4, 0.5) is 8.78 Å². The van der Waals surface area contributed by atoms with Gasteiger partial charge in [0.25, 0.3) is 0 Å². The number of benzene rings is 2. The van der Waals surface area contributed by atoms with Gasteiger partial charge in [-0.05, 0) is 23.8 Å². The molecule has 0 aliphatic heterocycles. The monoisotopic (exact) mass is 339 g/mol. The summed E-state index contributed by atoms with van der Waals surface area (Å²) in [6.07, 6.45) is -0.255. The molecule has 1 atom stereocenters. The van der Waals surface area contributed by atoms with Crippen LogP contribution in [0.2, 0.25) is 0 Å². The smallest absolute Gasteiger partial charge is 0.233 e. The van der Waals surface area contributed by atoms with Crippen LogP contribution < -0.4 is 4.72 Å². The molecule has 2 aromatic rings. The van der Waals surface area contributed by atoms with Crippen molar-refractivity contribution in [3.05, 3.63) is 76.7 Å². The fourth-order valence-electron chi connectivity index (χ4n) is 1.91. The molecule has 2 rings (SSSR count). The molecule has 0 aliphatic rings.